The molecule has 2 atom stereocenters. The molecule has 16 heavy (non-hydrogen) atoms. The molecule has 0 rings (SSSR count). The molecule has 0 amide bonds. The maximum Gasteiger partial charge on any atom is 0.331 e. The van der Waals surface area contributed by atoms with Crippen molar-refractivity contribution in [2.45, 2.75) is 45.5 Å². The average Bonchev–Trinajstić information content (AvgIpc) is 2.08. The van der Waals surface area contributed by atoms with E-state index in [1.165, 1.54) is 31.2 Å². The van der Waals surface area contributed by atoms with Crippen molar-refractivity contribution < 1.29 is 19.7 Å². The fourth-order valence-electron chi connectivity index (χ4n) is 0.809. The zero-order chi connectivity index (χ0) is 12.8. The van der Waals surface area contributed by atoms with Crippen LogP contribution in [0.3, 0.4) is 0 Å². The number of carbonyl (C=O) groups excluding carboxylic acids is 1. The molecule has 0 spiro atoms. The minimum Gasteiger partial charge on any atom is -0.457 e. The Kier molecular flexibility index (Phi) is 6.00. The number of aliphatic hydroxyl groups is 2. The van der Waals surface area contributed by atoms with Crippen LogP contribution in [-0.2, 0) is 9.53 Å². The lowest BCUT2D eigenvalue weighted by molar-refractivity contribution is -0.148. The zero-order valence-corrected chi connectivity index (χ0v) is 10.2. The Labute approximate surface area is 96.2 Å². The van der Waals surface area contributed by atoms with Crippen LogP contribution in [0.4, 0.5) is 0 Å². The van der Waals surface area contributed by atoms with Gasteiger partial charge in [-0.15, -0.1) is 0 Å². The fourth-order valence-corrected chi connectivity index (χ4v) is 0.809. The number of aliphatic hydroxyl groups excluding tert-OH is 2. The summed E-state index contributed by atoms with van der Waals surface area (Å²) in [7, 11) is 0. The minimum atomic E-state index is -0.928. The lowest BCUT2D eigenvalue weighted by Crippen LogP contribution is -2.22. The van der Waals surface area contributed by atoms with Crippen LogP contribution in [0.5, 0.6) is 0 Å². The van der Waals surface area contributed by atoms with Gasteiger partial charge in [-0.1, -0.05) is 18.2 Å². The van der Waals surface area contributed by atoms with E-state index in [2.05, 4.69) is 0 Å². The molecule has 0 saturated carbocycles. The molecule has 0 saturated heterocycles. The number of ether oxygens (including phenoxy) is 1. The predicted molar refractivity (Wildman–Crippen MR) is 61.8 cm³/mol. The van der Waals surface area contributed by atoms with E-state index in [1.807, 2.05) is 0 Å². The Morgan fingerprint density at radius 3 is 2.25 bits per heavy atom. The van der Waals surface area contributed by atoms with Crippen molar-refractivity contribution in [3.63, 3.8) is 0 Å². The first-order valence-electron chi connectivity index (χ1n) is 5.16. The second-order valence-electron chi connectivity index (χ2n) is 4.51. The maximum absolute atomic E-state index is 11.2. The lowest BCUT2D eigenvalue weighted by atomic mass is 10.2. The van der Waals surface area contributed by atoms with E-state index in [4.69, 9.17) is 9.84 Å². The highest BCUT2D eigenvalue weighted by atomic mass is 16.6. The number of esters is 1. The van der Waals surface area contributed by atoms with Gasteiger partial charge in [0, 0.05) is 6.08 Å². The third-order valence-corrected chi connectivity index (χ3v) is 1.55. The van der Waals surface area contributed by atoms with Gasteiger partial charge >= 0.3 is 5.97 Å². The maximum atomic E-state index is 11.2. The first-order valence-corrected chi connectivity index (χ1v) is 5.16. The number of allylic oxidation sites excluding steroid dienone is 2. The second-order valence-corrected chi connectivity index (χ2v) is 4.51. The smallest absolute Gasteiger partial charge is 0.331 e. The van der Waals surface area contributed by atoms with Crippen LogP contribution >= 0.6 is 0 Å². The van der Waals surface area contributed by atoms with Crippen LogP contribution < -0.4 is 0 Å². The second kappa shape index (κ2) is 6.45. The molecule has 0 aromatic carbocycles. The first-order chi connectivity index (χ1) is 7.22. The van der Waals surface area contributed by atoms with Gasteiger partial charge in [-0.05, 0) is 27.7 Å². The molecule has 0 radical (unpaired) electrons. The highest BCUT2D eigenvalue weighted by Crippen LogP contribution is 2.07. The van der Waals surface area contributed by atoms with Crippen LogP contribution in [0.15, 0.2) is 24.3 Å². The monoisotopic (exact) mass is 228 g/mol. The van der Waals surface area contributed by atoms with Gasteiger partial charge < -0.3 is 14.9 Å². The summed E-state index contributed by atoms with van der Waals surface area (Å²) >= 11 is 0. The number of hydrogen-bond donors (Lipinski definition) is 2. The number of hydrogen-bond acceptors (Lipinski definition) is 4. The summed E-state index contributed by atoms with van der Waals surface area (Å²) < 4.78 is 5.02. The van der Waals surface area contributed by atoms with Gasteiger partial charge in [-0.2, -0.15) is 0 Å². The highest BCUT2D eigenvalue weighted by Gasteiger charge is 2.13. The van der Waals surface area contributed by atoms with Gasteiger partial charge in [-0.3, -0.25) is 0 Å². The van der Waals surface area contributed by atoms with Gasteiger partial charge in [0.2, 0.25) is 0 Å². The van der Waals surface area contributed by atoms with Crippen molar-refractivity contribution in [2.75, 3.05) is 0 Å². The average molecular weight is 228 g/mol. The van der Waals surface area contributed by atoms with Gasteiger partial charge in [0.25, 0.3) is 0 Å². The molecule has 92 valence electrons. The molecule has 0 unspecified atom stereocenters. The highest BCUT2D eigenvalue weighted by molar-refractivity contribution is 5.82. The largest absolute Gasteiger partial charge is 0.457 e. The molecule has 0 aliphatic heterocycles. The summed E-state index contributed by atoms with van der Waals surface area (Å²) in [4.78, 5) is 11.2. The van der Waals surface area contributed by atoms with Crippen molar-refractivity contribution >= 4 is 5.97 Å². The summed E-state index contributed by atoms with van der Waals surface area (Å²) in [6.07, 6.45) is 3.85. The molecule has 0 heterocycles. The molecule has 0 aliphatic carbocycles. The lowest BCUT2D eigenvalue weighted by Gasteiger charge is -2.17. The third-order valence-electron chi connectivity index (χ3n) is 1.55. The standard InChI is InChI=1S/C12H20O4/c1-9(13)10(14)7-5-6-8-11(15)16-12(2,3)4/h5-10,13-14H,1-4H3/b7-5+,8-6+/t9-,10-/m1/s1. The number of carbonyl (C=O) groups is 1. The van der Waals surface area contributed by atoms with Gasteiger partial charge in [0.1, 0.15) is 5.60 Å². The van der Waals surface area contributed by atoms with Crippen molar-refractivity contribution in [3.05, 3.63) is 24.3 Å². The van der Waals surface area contributed by atoms with E-state index in [0.29, 0.717) is 0 Å². The molecule has 4 heteroatoms. The van der Waals surface area contributed by atoms with E-state index >= 15 is 0 Å². The van der Waals surface area contributed by atoms with Crippen LogP contribution in [-0.4, -0.2) is 34.0 Å². The fraction of sp³-hybridized carbons (Fsp3) is 0.583. The number of rotatable bonds is 4. The van der Waals surface area contributed by atoms with Crippen molar-refractivity contribution in [3.8, 4) is 0 Å². The molecule has 0 aromatic heterocycles. The van der Waals surface area contributed by atoms with E-state index in [-0.39, 0.29) is 0 Å². The van der Waals surface area contributed by atoms with E-state index < -0.39 is 23.8 Å². The van der Waals surface area contributed by atoms with Crippen molar-refractivity contribution in [1.29, 1.82) is 0 Å². The Morgan fingerprint density at radius 1 is 1.25 bits per heavy atom. The zero-order valence-electron chi connectivity index (χ0n) is 10.2. The third kappa shape index (κ3) is 8.20. The minimum absolute atomic E-state index is 0.441. The molecule has 0 aliphatic rings. The molecule has 0 bridgehead atoms. The SMILES string of the molecule is C[C@@H](O)[C@H](O)/C=C/C=C/C(=O)OC(C)(C)C. The summed E-state index contributed by atoms with van der Waals surface area (Å²) in [5, 5.41) is 18.2. The van der Waals surface area contributed by atoms with E-state index in [1.54, 1.807) is 20.8 Å². The normalized spacial score (nSPS) is 16.6. The van der Waals surface area contributed by atoms with Crippen molar-refractivity contribution in [2.24, 2.45) is 0 Å². The van der Waals surface area contributed by atoms with Crippen LogP contribution in [0.25, 0.3) is 0 Å². The summed E-state index contributed by atoms with van der Waals surface area (Å²) in [5.74, 6) is -0.441. The quantitative estimate of drug-likeness (QED) is 0.431. The summed E-state index contributed by atoms with van der Waals surface area (Å²) in [6, 6.07) is 0. The van der Waals surface area contributed by atoms with Crippen LogP contribution in [0.1, 0.15) is 27.7 Å². The topological polar surface area (TPSA) is 66.8 Å². The molecule has 2 N–H and O–H groups in total. The Bertz CT molecular complexity index is 271. The van der Waals surface area contributed by atoms with Gasteiger partial charge in [0.05, 0.1) is 12.2 Å². The Balaban J connectivity index is 4.07. The van der Waals surface area contributed by atoms with Gasteiger partial charge in [0.15, 0.2) is 0 Å². The molecular weight excluding hydrogens is 208 g/mol. The van der Waals surface area contributed by atoms with Crippen LogP contribution in [0.2, 0.25) is 0 Å². The molecular formula is C12H20O4. The summed E-state index contributed by atoms with van der Waals surface area (Å²) in [6.45, 7) is 6.83. The van der Waals surface area contributed by atoms with Crippen LogP contribution in [0, 0.1) is 0 Å². The van der Waals surface area contributed by atoms with E-state index in [9.17, 15) is 9.90 Å². The summed E-state index contributed by atoms with van der Waals surface area (Å²) in [5.41, 5.74) is -0.510. The molecule has 4 nitrogen and oxygen atoms in total. The van der Waals surface area contributed by atoms with Gasteiger partial charge in [-0.25, -0.2) is 4.79 Å². The molecule has 0 fully saturated rings. The molecule has 0 aromatic rings. The first kappa shape index (κ1) is 14.9. The predicted octanol–water partition coefficient (Wildman–Crippen LogP) is 1.18. The Morgan fingerprint density at radius 2 is 1.81 bits per heavy atom. The Hall–Kier alpha value is -1.13. The van der Waals surface area contributed by atoms with Crippen molar-refractivity contribution in [1.82, 2.24) is 0 Å². The van der Waals surface area contributed by atoms with E-state index in [0.717, 1.165) is 0 Å².